The van der Waals surface area contributed by atoms with E-state index in [1.165, 1.54) is 0 Å². The molecule has 0 aliphatic carbocycles. The van der Waals surface area contributed by atoms with E-state index in [0.29, 0.717) is 12.2 Å². The fourth-order valence-corrected chi connectivity index (χ4v) is 2.54. The summed E-state index contributed by atoms with van der Waals surface area (Å²) in [6.45, 7) is 4.60. The van der Waals surface area contributed by atoms with E-state index in [2.05, 4.69) is 0 Å². The molecule has 0 aromatic heterocycles. The van der Waals surface area contributed by atoms with Crippen LogP contribution in [0.5, 0.6) is 5.75 Å². The topological polar surface area (TPSA) is 49.8 Å². The highest BCUT2D eigenvalue weighted by atomic mass is 16.5. The Morgan fingerprint density at radius 3 is 2.36 bits per heavy atom. The van der Waals surface area contributed by atoms with Crippen LogP contribution in [-0.4, -0.2) is 31.8 Å². The molecular weight excluding hydrogens is 314 g/mol. The molecular formula is C21H25NO3. The van der Waals surface area contributed by atoms with Gasteiger partial charge in [0.15, 0.2) is 0 Å². The van der Waals surface area contributed by atoms with Crippen LogP contribution in [0.25, 0.3) is 11.6 Å². The highest BCUT2D eigenvalue weighted by molar-refractivity contribution is 6.21. The van der Waals surface area contributed by atoms with E-state index >= 15 is 0 Å². The van der Waals surface area contributed by atoms with E-state index in [1.807, 2.05) is 75.3 Å². The highest BCUT2D eigenvalue weighted by Gasteiger charge is 2.14. The third-order valence-corrected chi connectivity index (χ3v) is 3.91. The fraction of sp³-hybridized carbons (Fsp3) is 0.286. The van der Waals surface area contributed by atoms with E-state index in [1.54, 1.807) is 6.08 Å². The number of nitrogens with zero attached hydrogens (tertiary/aromatic N) is 1. The second kappa shape index (κ2) is 8.38. The lowest BCUT2D eigenvalue weighted by Gasteiger charge is -2.13. The number of hydrogen-bond acceptors (Lipinski definition) is 3. The number of aliphatic carboxylic acids is 1. The van der Waals surface area contributed by atoms with Crippen molar-refractivity contribution in [3.63, 3.8) is 0 Å². The number of aryl methyl sites for hydroxylation is 1. The SMILES string of the molecule is CCCOc1ccc(/C(=C/c2ccc(N(C)C)cc2)C(=O)O)c(C)c1. The van der Waals surface area contributed by atoms with Crippen LogP contribution in [0.1, 0.15) is 30.0 Å². The molecule has 0 bridgehead atoms. The van der Waals surface area contributed by atoms with Gasteiger partial charge in [-0.25, -0.2) is 4.79 Å². The van der Waals surface area contributed by atoms with E-state index in [4.69, 9.17) is 4.74 Å². The molecule has 0 saturated heterocycles. The molecule has 0 heterocycles. The molecule has 0 atom stereocenters. The predicted octanol–water partition coefficient (Wildman–Crippen LogP) is 4.48. The van der Waals surface area contributed by atoms with Gasteiger partial charge in [-0.05, 0) is 60.4 Å². The van der Waals surface area contributed by atoms with Crippen LogP contribution in [0.3, 0.4) is 0 Å². The van der Waals surface area contributed by atoms with Gasteiger partial charge in [0.2, 0.25) is 0 Å². The van der Waals surface area contributed by atoms with Crippen molar-refractivity contribution in [1.29, 1.82) is 0 Å². The van der Waals surface area contributed by atoms with E-state index in [9.17, 15) is 9.90 Å². The van der Waals surface area contributed by atoms with Crippen molar-refractivity contribution in [3.8, 4) is 5.75 Å². The standard InChI is InChI=1S/C21H25NO3/c1-5-12-25-18-10-11-19(15(2)13-18)20(21(23)24)14-16-6-8-17(9-7-16)22(3)4/h6-11,13-14H,5,12H2,1-4H3,(H,23,24)/b20-14-. The fourth-order valence-electron chi connectivity index (χ4n) is 2.54. The number of carboxylic acids is 1. The normalized spacial score (nSPS) is 11.3. The lowest BCUT2D eigenvalue weighted by atomic mass is 9.98. The van der Waals surface area contributed by atoms with Crippen LogP contribution in [0.4, 0.5) is 5.69 Å². The Morgan fingerprint density at radius 2 is 1.84 bits per heavy atom. The average Bonchev–Trinajstić information content (AvgIpc) is 2.58. The molecule has 0 unspecified atom stereocenters. The minimum atomic E-state index is -0.943. The molecule has 0 saturated carbocycles. The molecule has 0 radical (unpaired) electrons. The Kier molecular flexibility index (Phi) is 6.23. The van der Waals surface area contributed by atoms with Crippen molar-refractivity contribution in [3.05, 3.63) is 59.2 Å². The van der Waals surface area contributed by atoms with Crippen LogP contribution in [0.2, 0.25) is 0 Å². The zero-order valence-electron chi connectivity index (χ0n) is 15.2. The Balaban J connectivity index is 2.36. The van der Waals surface area contributed by atoms with Gasteiger partial charge in [-0.2, -0.15) is 0 Å². The number of benzene rings is 2. The molecule has 132 valence electrons. The van der Waals surface area contributed by atoms with Crippen LogP contribution < -0.4 is 9.64 Å². The molecule has 0 spiro atoms. The average molecular weight is 339 g/mol. The number of carboxylic acid groups (broad SMARTS) is 1. The summed E-state index contributed by atoms with van der Waals surface area (Å²) in [5.41, 5.74) is 3.79. The summed E-state index contributed by atoms with van der Waals surface area (Å²) in [4.78, 5) is 13.8. The second-order valence-electron chi connectivity index (χ2n) is 6.17. The maximum Gasteiger partial charge on any atom is 0.336 e. The van der Waals surface area contributed by atoms with Gasteiger partial charge in [-0.15, -0.1) is 0 Å². The van der Waals surface area contributed by atoms with Gasteiger partial charge < -0.3 is 14.7 Å². The lowest BCUT2D eigenvalue weighted by Crippen LogP contribution is -2.08. The minimum Gasteiger partial charge on any atom is -0.494 e. The lowest BCUT2D eigenvalue weighted by molar-refractivity contribution is -0.130. The van der Waals surface area contributed by atoms with Gasteiger partial charge in [0.1, 0.15) is 5.75 Å². The quantitative estimate of drug-likeness (QED) is 0.597. The molecule has 4 heteroatoms. The van der Waals surface area contributed by atoms with Gasteiger partial charge in [0, 0.05) is 19.8 Å². The number of rotatable bonds is 7. The monoisotopic (exact) mass is 339 g/mol. The summed E-state index contributed by atoms with van der Waals surface area (Å²) in [5.74, 6) is -0.176. The zero-order valence-corrected chi connectivity index (χ0v) is 15.2. The Hall–Kier alpha value is -2.75. The molecule has 4 nitrogen and oxygen atoms in total. The molecule has 0 fully saturated rings. The van der Waals surface area contributed by atoms with Gasteiger partial charge in [-0.1, -0.05) is 25.1 Å². The first-order chi connectivity index (χ1) is 11.9. The van der Waals surface area contributed by atoms with Crippen molar-refractivity contribution >= 4 is 23.3 Å². The van der Waals surface area contributed by atoms with Gasteiger partial charge >= 0.3 is 5.97 Å². The van der Waals surface area contributed by atoms with Crippen molar-refractivity contribution in [2.75, 3.05) is 25.6 Å². The molecule has 0 amide bonds. The summed E-state index contributed by atoms with van der Waals surface area (Å²) >= 11 is 0. The Bertz CT molecular complexity index is 761. The van der Waals surface area contributed by atoms with Crippen LogP contribution in [0.15, 0.2) is 42.5 Å². The summed E-state index contributed by atoms with van der Waals surface area (Å²) in [5, 5.41) is 9.66. The maximum absolute atomic E-state index is 11.8. The third kappa shape index (κ3) is 4.86. The first kappa shape index (κ1) is 18.6. The Labute approximate surface area is 149 Å². The first-order valence-electron chi connectivity index (χ1n) is 8.38. The number of anilines is 1. The van der Waals surface area contributed by atoms with Crippen LogP contribution in [0, 0.1) is 6.92 Å². The number of hydrogen-bond donors (Lipinski definition) is 1. The summed E-state index contributed by atoms with van der Waals surface area (Å²) in [6.07, 6.45) is 2.64. The number of ether oxygens (including phenoxy) is 1. The third-order valence-electron chi connectivity index (χ3n) is 3.91. The second-order valence-corrected chi connectivity index (χ2v) is 6.17. The van der Waals surface area contributed by atoms with Crippen molar-refractivity contribution in [2.24, 2.45) is 0 Å². The molecule has 1 N–H and O–H groups in total. The summed E-state index contributed by atoms with van der Waals surface area (Å²) < 4.78 is 5.61. The van der Waals surface area contributed by atoms with Gasteiger partial charge in [-0.3, -0.25) is 0 Å². The van der Waals surface area contributed by atoms with Crippen molar-refractivity contribution in [1.82, 2.24) is 0 Å². The predicted molar refractivity (Wildman–Crippen MR) is 103 cm³/mol. The summed E-state index contributed by atoms with van der Waals surface area (Å²) in [6, 6.07) is 13.3. The van der Waals surface area contributed by atoms with Crippen LogP contribution >= 0.6 is 0 Å². The van der Waals surface area contributed by atoms with E-state index in [0.717, 1.165) is 29.0 Å². The largest absolute Gasteiger partial charge is 0.494 e. The molecule has 0 aliphatic heterocycles. The highest BCUT2D eigenvalue weighted by Crippen LogP contribution is 2.26. The van der Waals surface area contributed by atoms with E-state index in [-0.39, 0.29) is 5.57 Å². The molecule has 2 aromatic carbocycles. The Morgan fingerprint density at radius 1 is 1.16 bits per heavy atom. The molecule has 25 heavy (non-hydrogen) atoms. The van der Waals surface area contributed by atoms with Gasteiger partial charge in [0.25, 0.3) is 0 Å². The first-order valence-corrected chi connectivity index (χ1v) is 8.38. The van der Waals surface area contributed by atoms with E-state index < -0.39 is 5.97 Å². The van der Waals surface area contributed by atoms with Crippen molar-refractivity contribution < 1.29 is 14.6 Å². The number of carbonyl (C=O) groups is 1. The van der Waals surface area contributed by atoms with Crippen LogP contribution in [-0.2, 0) is 4.79 Å². The summed E-state index contributed by atoms with van der Waals surface area (Å²) in [7, 11) is 3.94. The molecule has 2 rings (SSSR count). The van der Waals surface area contributed by atoms with Gasteiger partial charge in [0.05, 0.1) is 12.2 Å². The molecule has 2 aromatic rings. The minimum absolute atomic E-state index is 0.275. The maximum atomic E-state index is 11.8. The smallest absolute Gasteiger partial charge is 0.336 e. The molecule has 0 aliphatic rings. The van der Waals surface area contributed by atoms with Crippen molar-refractivity contribution in [2.45, 2.75) is 20.3 Å². The zero-order chi connectivity index (χ0) is 18.4.